The van der Waals surface area contributed by atoms with Crippen molar-refractivity contribution in [3.05, 3.63) is 53.6 Å². The van der Waals surface area contributed by atoms with Crippen LogP contribution in [0.3, 0.4) is 0 Å². The number of pyridine rings is 2. The number of anilines is 3. The molecule has 2 aliphatic heterocycles. The third-order valence-corrected chi connectivity index (χ3v) is 7.01. The third-order valence-electron chi connectivity index (χ3n) is 7.01. The van der Waals surface area contributed by atoms with Crippen LogP contribution in [-0.2, 0) is 23.9 Å². The summed E-state index contributed by atoms with van der Waals surface area (Å²) in [6.07, 6.45) is -1.42. The molecule has 0 fully saturated rings. The van der Waals surface area contributed by atoms with E-state index >= 15 is 0 Å². The first-order valence-corrected chi connectivity index (χ1v) is 12.0. The van der Waals surface area contributed by atoms with Gasteiger partial charge in [0.25, 0.3) is 5.91 Å². The molecule has 0 aromatic carbocycles. The molecule has 2 aliphatic rings. The summed E-state index contributed by atoms with van der Waals surface area (Å²) in [5.41, 5.74) is 0.0860. The average Bonchev–Trinajstić information content (AvgIpc) is 2.89. The molecule has 1 amide bonds. The molecule has 3 aromatic heterocycles. The number of alkyl halides is 3. The lowest BCUT2D eigenvalue weighted by Crippen LogP contribution is -2.66. The molecule has 38 heavy (non-hydrogen) atoms. The number of likely N-dealkylation sites (N-methyl/N-ethyl adjacent to an activating group) is 1. The molecule has 200 valence electrons. The zero-order chi connectivity index (χ0) is 27.2. The highest BCUT2D eigenvalue weighted by molar-refractivity contribution is 6.08. The second-order valence-electron chi connectivity index (χ2n) is 9.45. The van der Waals surface area contributed by atoms with Crippen LogP contribution in [0, 0.1) is 0 Å². The van der Waals surface area contributed by atoms with Crippen molar-refractivity contribution in [1.82, 2.24) is 19.9 Å². The first-order valence-electron chi connectivity index (χ1n) is 12.0. The van der Waals surface area contributed by atoms with Gasteiger partial charge in [0, 0.05) is 32.4 Å². The van der Waals surface area contributed by atoms with Crippen LogP contribution in [0.25, 0.3) is 0 Å². The first kappa shape index (κ1) is 25.6. The summed E-state index contributed by atoms with van der Waals surface area (Å²) in [5, 5.41) is 13.7. The standard InChI is InChI=1S/C25H26F3N7O3/c1-14(36)24(2)22(37)35-10-4-5-17-20(35)21(34(24)3)33-23(32-17)31-12-15-6-9-19(30-11-15)38-16-7-8-18(29-13-16)25(26,27)28/h6-9,11,13-14,36H,4-5,10,12H2,1-3H3,(H,31,32,33)/t14-,24-/m0/s1. The summed E-state index contributed by atoms with van der Waals surface area (Å²) < 4.78 is 43.5. The van der Waals surface area contributed by atoms with E-state index in [0.717, 1.165) is 29.9 Å². The number of amides is 1. The maximum atomic E-state index is 13.3. The monoisotopic (exact) mass is 529 g/mol. The molecule has 0 unspecified atom stereocenters. The van der Waals surface area contributed by atoms with Gasteiger partial charge in [-0.2, -0.15) is 18.2 Å². The summed E-state index contributed by atoms with van der Waals surface area (Å²) in [6, 6.07) is 5.38. The molecule has 13 heteroatoms. The number of nitrogens with zero attached hydrogens (tertiary/aromatic N) is 6. The summed E-state index contributed by atoms with van der Waals surface area (Å²) in [7, 11) is 1.75. The number of hydrogen-bond donors (Lipinski definition) is 2. The van der Waals surface area contributed by atoms with E-state index in [2.05, 4.69) is 25.3 Å². The van der Waals surface area contributed by atoms with Crippen molar-refractivity contribution in [3.8, 4) is 11.6 Å². The Morgan fingerprint density at radius 3 is 2.61 bits per heavy atom. The highest BCUT2D eigenvalue weighted by atomic mass is 19.4. The number of ether oxygens (including phenoxy) is 1. The molecule has 0 saturated heterocycles. The molecular weight excluding hydrogens is 503 g/mol. The number of rotatable bonds is 6. The number of aromatic nitrogens is 4. The van der Waals surface area contributed by atoms with Gasteiger partial charge in [0.05, 0.1) is 18.0 Å². The van der Waals surface area contributed by atoms with Crippen molar-refractivity contribution in [2.45, 2.75) is 51.1 Å². The fraction of sp³-hybridized carbons (Fsp3) is 0.400. The van der Waals surface area contributed by atoms with Crippen molar-refractivity contribution in [1.29, 1.82) is 0 Å². The third kappa shape index (κ3) is 4.46. The van der Waals surface area contributed by atoms with Gasteiger partial charge in [-0.25, -0.2) is 15.0 Å². The number of aliphatic hydroxyl groups excluding tert-OH is 1. The molecule has 5 rings (SSSR count). The van der Waals surface area contributed by atoms with Gasteiger partial charge in [0.1, 0.15) is 22.7 Å². The van der Waals surface area contributed by atoms with Crippen LogP contribution in [0.4, 0.5) is 30.6 Å². The van der Waals surface area contributed by atoms with Gasteiger partial charge < -0.3 is 25.0 Å². The minimum absolute atomic E-state index is 0.133. The van der Waals surface area contributed by atoms with E-state index in [1.165, 1.54) is 6.07 Å². The van der Waals surface area contributed by atoms with E-state index in [1.807, 2.05) is 0 Å². The molecule has 0 bridgehead atoms. The predicted molar refractivity (Wildman–Crippen MR) is 132 cm³/mol. The lowest BCUT2D eigenvalue weighted by molar-refractivity contribution is -0.141. The first-order chi connectivity index (χ1) is 18.0. The van der Waals surface area contributed by atoms with Crippen molar-refractivity contribution in [2.75, 3.05) is 28.7 Å². The van der Waals surface area contributed by atoms with Gasteiger partial charge in [-0.05, 0) is 44.4 Å². The van der Waals surface area contributed by atoms with Gasteiger partial charge in [0.15, 0.2) is 5.82 Å². The second-order valence-corrected chi connectivity index (χ2v) is 9.45. The molecular formula is C25H26F3N7O3. The molecule has 2 N–H and O–H groups in total. The van der Waals surface area contributed by atoms with Gasteiger partial charge >= 0.3 is 6.18 Å². The Kier molecular flexibility index (Phi) is 6.33. The number of aryl methyl sites for hydroxylation is 1. The largest absolute Gasteiger partial charge is 0.437 e. The highest BCUT2D eigenvalue weighted by Crippen LogP contribution is 2.44. The Morgan fingerprint density at radius 2 is 1.97 bits per heavy atom. The molecule has 0 saturated carbocycles. The Balaban J connectivity index is 1.30. The van der Waals surface area contributed by atoms with E-state index in [9.17, 15) is 23.1 Å². The van der Waals surface area contributed by atoms with Gasteiger partial charge in [-0.15, -0.1) is 0 Å². The van der Waals surface area contributed by atoms with E-state index in [0.29, 0.717) is 37.0 Å². The summed E-state index contributed by atoms with van der Waals surface area (Å²) in [5.74, 6) is 1.12. The molecule has 0 radical (unpaired) electrons. The van der Waals surface area contributed by atoms with Crippen LogP contribution < -0.4 is 19.9 Å². The van der Waals surface area contributed by atoms with E-state index in [1.54, 1.807) is 49.0 Å². The number of nitrogens with one attached hydrogen (secondary N) is 1. The summed E-state index contributed by atoms with van der Waals surface area (Å²) >= 11 is 0. The number of hydrogen-bond acceptors (Lipinski definition) is 9. The van der Waals surface area contributed by atoms with Crippen molar-refractivity contribution < 1.29 is 27.8 Å². The lowest BCUT2D eigenvalue weighted by atomic mass is 9.87. The van der Waals surface area contributed by atoms with Crippen LogP contribution in [0.1, 0.15) is 37.2 Å². The number of aliphatic hydroxyl groups is 1. The van der Waals surface area contributed by atoms with Crippen molar-refractivity contribution in [3.63, 3.8) is 0 Å². The van der Waals surface area contributed by atoms with Crippen LogP contribution >= 0.6 is 0 Å². The van der Waals surface area contributed by atoms with Crippen LogP contribution in [-0.4, -0.2) is 56.2 Å². The van der Waals surface area contributed by atoms with Gasteiger partial charge in [0.2, 0.25) is 11.8 Å². The molecule has 10 nitrogen and oxygen atoms in total. The Bertz CT molecular complexity index is 1350. The molecule has 0 spiro atoms. The van der Waals surface area contributed by atoms with E-state index in [4.69, 9.17) is 4.74 Å². The zero-order valence-corrected chi connectivity index (χ0v) is 21.0. The molecule has 5 heterocycles. The Morgan fingerprint density at radius 1 is 1.18 bits per heavy atom. The van der Waals surface area contributed by atoms with Crippen LogP contribution in [0.15, 0.2) is 36.7 Å². The molecule has 0 aliphatic carbocycles. The summed E-state index contributed by atoms with van der Waals surface area (Å²) in [6.45, 7) is 4.20. The predicted octanol–water partition coefficient (Wildman–Crippen LogP) is 3.56. The highest BCUT2D eigenvalue weighted by Gasteiger charge is 2.52. The minimum Gasteiger partial charge on any atom is -0.437 e. The zero-order valence-electron chi connectivity index (χ0n) is 21.0. The Hall–Kier alpha value is -4.00. The maximum absolute atomic E-state index is 13.3. The SMILES string of the molecule is C[C@H](O)[C@@]1(C)C(=O)N2CCCc3nc(NCc4ccc(Oc5ccc(C(F)(F)F)nc5)nc4)nc(c32)N1C. The summed E-state index contributed by atoms with van der Waals surface area (Å²) in [4.78, 5) is 33.6. The van der Waals surface area contributed by atoms with Gasteiger partial charge in [-0.3, -0.25) is 4.79 Å². The molecule has 2 atom stereocenters. The van der Waals surface area contributed by atoms with Crippen molar-refractivity contribution in [2.24, 2.45) is 0 Å². The van der Waals surface area contributed by atoms with Crippen LogP contribution in [0.5, 0.6) is 11.6 Å². The lowest BCUT2D eigenvalue weighted by Gasteiger charge is -2.49. The second kappa shape index (κ2) is 9.39. The average molecular weight is 530 g/mol. The number of halogens is 3. The minimum atomic E-state index is -4.52. The van der Waals surface area contributed by atoms with Gasteiger partial charge in [-0.1, -0.05) is 6.07 Å². The fourth-order valence-corrected chi connectivity index (χ4v) is 4.55. The van der Waals surface area contributed by atoms with Crippen molar-refractivity contribution >= 4 is 23.4 Å². The molecule has 3 aromatic rings. The fourth-order valence-electron chi connectivity index (χ4n) is 4.55. The van der Waals surface area contributed by atoms with E-state index in [-0.39, 0.29) is 17.5 Å². The van der Waals surface area contributed by atoms with Crippen LogP contribution in [0.2, 0.25) is 0 Å². The number of carbonyl (C=O) groups excluding carboxylic acids is 1. The smallest absolute Gasteiger partial charge is 0.433 e. The number of carbonyl (C=O) groups is 1. The maximum Gasteiger partial charge on any atom is 0.433 e. The quantitative estimate of drug-likeness (QED) is 0.494. The normalized spacial score (nSPS) is 19.7. The Labute approximate surface area is 216 Å². The topological polar surface area (TPSA) is 117 Å². The van der Waals surface area contributed by atoms with E-state index < -0.39 is 23.5 Å².